The Morgan fingerprint density at radius 2 is 2.21 bits per heavy atom. The molecule has 78 valence electrons. The topological polar surface area (TPSA) is 29.5 Å². The van der Waals surface area contributed by atoms with E-state index in [0.29, 0.717) is 11.3 Å². The molecule has 1 rings (SSSR count). The van der Waals surface area contributed by atoms with Crippen LogP contribution < -0.4 is 4.74 Å². The number of hydrogen-bond donors (Lipinski definition) is 1. The third-order valence-electron chi connectivity index (χ3n) is 1.95. The molecule has 0 fully saturated rings. The van der Waals surface area contributed by atoms with Gasteiger partial charge in [0.25, 0.3) is 0 Å². The molecular formula is C11H15FO2. The number of alkyl halides is 1. The van der Waals surface area contributed by atoms with Crippen LogP contribution in [0.25, 0.3) is 0 Å². The van der Waals surface area contributed by atoms with E-state index in [2.05, 4.69) is 0 Å². The Hall–Kier alpha value is -1.09. The van der Waals surface area contributed by atoms with Gasteiger partial charge in [-0.1, -0.05) is 11.6 Å². The summed E-state index contributed by atoms with van der Waals surface area (Å²) in [6.45, 7) is 3.11. The lowest BCUT2D eigenvalue weighted by Gasteiger charge is -2.13. The van der Waals surface area contributed by atoms with Gasteiger partial charge in [0.05, 0.1) is 6.10 Å². The summed E-state index contributed by atoms with van der Waals surface area (Å²) in [6.07, 6.45) is -0.593. The minimum atomic E-state index is -0.593. The summed E-state index contributed by atoms with van der Waals surface area (Å²) < 4.78 is 17.1. The van der Waals surface area contributed by atoms with E-state index in [-0.39, 0.29) is 6.61 Å². The lowest BCUT2D eigenvalue weighted by molar-refractivity contribution is 0.189. The molecule has 0 bridgehead atoms. The van der Waals surface area contributed by atoms with Crippen molar-refractivity contribution in [3.63, 3.8) is 0 Å². The van der Waals surface area contributed by atoms with E-state index in [1.807, 2.05) is 19.1 Å². The van der Waals surface area contributed by atoms with Gasteiger partial charge in [0.2, 0.25) is 0 Å². The zero-order valence-corrected chi connectivity index (χ0v) is 8.46. The molecule has 14 heavy (non-hydrogen) atoms. The SMILES string of the molecule is Cc1ccc(OCCF)c(C(C)O)c1. The first-order valence-corrected chi connectivity index (χ1v) is 4.62. The molecule has 2 nitrogen and oxygen atoms in total. The lowest BCUT2D eigenvalue weighted by Crippen LogP contribution is -2.03. The van der Waals surface area contributed by atoms with Crippen LogP contribution in [0.2, 0.25) is 0 Å². The van der Waals surface area contributed by atoms with Gasteiger partial charge in [-0.3, -0.25) is 0 Å². The predicted octanol–water partition coefficient (Wildman–Crippen LogP) is 2.40. The van der Waals surface area contributed by atoms with Crippen LogP contribution in [-0.4, -0.2) is 18.4 Å². The Morgan fingerprint density at radius 1 is 1.50 bits per heavy atom. The monoisotopic (exact) mass is 198 g/mol. The molecule has 0 spiro atoms. The second-order valence-electron chi connectivity index (χ2n) is 3.25. The Kier molecular flexibility index (Phi) is 3.89. The highest BCUT2D eigenvalue weighted by Gasteiger charge is 2.08. The quantitative estimate of drug-likeness (QED) is 0.805. The van der Waals surface area contributed by atoms with Crippen LogP contribution in [0.5, 0.6) is 5.75 Å². The Bertz CT molecular complexity index is 297. The van der Waals surface area contributed by atoms with Gasteiger partial charge in [0, 0.05) is 5.56 Å². The molecule has 1 N–H and O–H groups in total. The summed E-state index contributed by atoms with van der Waals surface area (Å²) in [5.41, 5.74) is 1.76. The average Bonchev–Trinajstić information content (AvgIpc) is 2.15. The van der Waals surface area contributed by atoms with Gasteiger partial charge in [-0.2, -0.15) is 0 Å². The number of aryl methyl sites for hydroxylation is 1. The van der Waals surface area contributed by atoms with Crippen molar-refractivity contribution in [2.24, 2.45) is 0 Å². The average molecular weight is 198 g/mol. The van der Waals surface area contributed by atoms with Crippen molar-refractivity contribution in [3.8, 4) is 5.75 Å². The van der Waals surface area contributed by atoms with Gasteiger partial charge >= 0.3 is 0 Å². The van der Waals surface area contributed by atoms with Crippen LogP contribution in [0.1, 0.15) is 24.2 Å². The first kappa shape index (κ1) is 11.0. The standard InChI is InChI=1S/C11H15FO2/c1-8-3-4-11(14-6-5-12)10(7-8)9(2)13/h3-4,7,9,13H,5-6H2,1-2H3. The smallest absolute Gasteiger partial charge is 0.125 e. The number of aliphatic hydroxyl groups excluding tert-OH is 1. The second kappa shape index (κ2) is 4.96. The molecular weight excluding hydrogens is 183 g/mol. The van der Waals surface area contributed by atoms with Crippen LogP contribution in [0, 0.1) is 6.92 Å². The molecule has 1 aromatic rings. The summed E-state index contributed by atoms with van der Waals surface area (Å²) >= 11 is 0. The first-order valence-electron chi connectivity index (χ1n) is 4.62. The van der Waals surface area contributed by atoms with E-state index >= 15 is 0 Å². The number of halogens is 1. The molecule has 0 heterocycles. The van der Waals surface area contributed by atoms with Gasteiger partial charge in [0.15, 0.2) is 0 Å². The van der Waals surface area contributed by atoms with E-state index in [1.165, 1.54) is 0 Å². The van der Waals surface area contributed by atoms with Crippen molar-refractivity contribution < 1.29 is 14.2 Å². The number of rotatable bonds is 4. The zero-order chi connectivity index (χ0) is 10.6. The van der Waals surface area contributed by atoms with E-state index in [4.69, 9.17) is 4.74 Å². The van der Waals surface area contributed by atoms with Crippen molar-refractivity contribution in [1.29, 1.82) is 0 Å². The molecule has 1 atom stereocenters. The van der Waals surface area contributed by atoms with Crippen molar-refractivity contribution in [2.75, 3.05) is 13.3 Å². The van der Waals surface area contributed by atoms with E-state index in [0.717, 1.165) is 5.56 Å². The van der Waals surface area contributed by atoms with E-state index in [9.17, 15) is 9.50 Å². The molecule has 1 unspecified atom stereocenters. The van der Waals surface area contributed by atoms with Crippen LogP contribution >= 0.6 is 0 Å². The minimum absolute atomic E-state index is 0.0305. The highest BCUT2D eigenvalue weighted by Crippen LogP contribution is 2.26. The van der Waals surface area contributed by atoms with Gasteiger partial charge in [-0.05, 0) is 26.0 Å². The summed E-state index contributed by atoms with van der Waals surface area (Å²) in [5, 5.41) is 9.45. The number of ether oxygens (including phenoxy) is 1. The van der Waals surface area contributed by atoms with Crippen molar-refractivity contribution in [2.45, 2.75) is 20.0 Å². The molecule has 0 amide bonds. The highest BCUT2D eigenvalue weighted by atomic mass is 19.1. The number of aliphatic hydroxyl groups is 1. The summed E-state index contributed by atoms with van der Waals surface area (Å²) in [5.74, 6) is 0.559. The molecule has 0 aliphatic heterocycles. The second-order valence-corrected chi connectivity index (χ2v) is 3.25. The molecule has 1 aromatic carbocycles. The maximum absolute atomic E-state index is 11.9. The van der Waals surface area contributed by atoms with Crippen LogP contribution in [0.15, 0.2) is 18.2 Å². The Morgan fingerprint density at radius 3 is 2.79 bits per heavy atom. The molecule has 0 aliphatic carbocycles. The molecule has 0 aliphatic rings. The maximum atomic E-state index is 11.9. The van der Waals surface area contributed by atoms with Crippen LogP contribution in [0.4, 0.5) is 4.39 Å². The summed E-state index contributed by atoms with van der Waals surface area (Å²) in [6, 6.07) is 5.48. The fraction of sp³-hybridized carbons (Fsp3) is 0.455. The summed E-state index contributed by atoms with van der Waals surface area (Å²) in [7, 11) is 0. The molecule has 3 heteroatoms. The van der Waals surface area contributed by atoms with Gasteiger partial charge < -0.3 is 9.84 Å². The van der Waals surface area contributed by atoms with Crippen molar-refractivity contribution >= 4 is 0 Å². The van der Waals surface area contributed by atoms with E-state index in [1.54, 1.807) is 13.0 Å². The molecule has 0 aromatic heterocycles. The zero-order valence-electron chi connectivity index (χ0n) is 8.46. The van der Waals surface area contributed by atoms with Gasteiger partial charge in [-0.25, -0.2) is 4.39 Å². The van der Waals surface area contributed by atoms with Crippen molar-refractivity contribution in [1.82, 2.24) is 0 Å². The summed E-state index contributed by atoms with van der Waals surface area (Å²) in [4.78, 5) is 0. The third kappa shape index (κ3) is 2.70. The molecule has 0 radical (unpaired) electrons. The highest BCUT2D eigenvalue weighted by molar-refractivity contribution is 5.38. The van der Waals surface area contributed by atoms with Gasteiger partial charge in [0.1, 0.15) is 19.0 Å². The van der Waals surface area contributed by atoms with Crippen LogP contribution in [0.3, 0.4) is 0 Å². The first-order chi connectivity index (χ1) is 6.65. The fourth-order valence-electron chi connectivity index (χ4n) is 1.27. The van der Waals surface area contributed by atoms with Gasteiger partial charge in [-0.15, -0.1) is 0 Å². The normalized spacial score (nSPS) is 12.6. The van der Waals surface area contributed by atoms with Crippen LogP contribution in [-0.2, 0) is 0 Å². The maximum Gasteiger partial charge on any atom is 0.125 e. The lowest BCUT2D eigenvalue weighted by atomic mass is 10.1. The third-order valence-corrected chi connectivity index (χ3v) is 1.95. The Balaban J connectivity index is 2.90. The molecule has 0 saturated heterocycles. The number of hydrogen-bond acceptors (Lipinski definition) is 2. The number of benzene rings is 1. The van der Waals surface area contributed by atoms with E-state index < -0.39 is 12.8 Å². The predicted molar refractivity (Wildman–Crippen MR) is 53.3 cm³/mol. The van der Waals surface area contributed by atoms with Crippen molar-refractivity contribution in [3.05, 3.63) is 29.3 Å². The Labute approximate surface area is 83.3 Å². The molecule has 0 saturated carbocycles. The minimum Gasteiger partial charge on any atom is -0.490 e. The fourth-order valence-corrected chi connectivity index (χ4v) is 1.27. The largest absolute Gasteiger partial charge is 0.490 e.